The molecule has 0 aromatic carbocycles. The molecule has 0 spiro atoms. The third-order valence-electron chi connectivity index (χ3n) is 2.90. The number of carbonyl (C=O) groups excluding carboxylic acids is 2. The molecule has 1 heterocycles. The molecular formula is C12H17N3O6S. The average Bonchev–Trinajstić information content (AvgIpc) is 2.49. The number of aliphatic carboxylic acids is 2. The summed E-state index contributed by atoms with van der Waals surface area (Å²) in [4.78, 5) is 46.3. The third kappa shape index (κ3) is 5.37. The quantitative estimate of drug-likeness (QED) is 0.454. The summed E-state index contributed by atoms with van der Waals surface area (Å²) in [5, 5.41) is 21.1. The second-order valence-corrected chi connectivity index (χ2v) is 5.47. The lowest BCUT2D eigenvalue weighted by Gasteiger charge is -2.30. The van der Waals surface area contributed by atoms with Crippen molar-refractivity contribution in [1.29, 1.82) is 0 Å². The Kier molecular flexibility index (Phi) is 6.86. The van der Waals surface area contributed by atoms with Gasteiger partial charge in [0.15, 0.2) is 0 Å². The lowest BCUT2D eigenvalue weighted by Crippen LogP contribution is -2.50. The van der Waals surface area contributed by atoms with Gasteiger partial charge >= 0.3 is 11.9 Å². The van der Waals surface area contributed by atoms with E-state index in [9.17, 15) is 19.2 Å². The third-order valence-corrected chi connectivity index (χ3v) is 3.72. The van der Waals surface area contributed by atoms with Crippen LogP contribution < -0.4 is 11.1 Å². The van der Waals surface area contributed by atoms with Crippen LogP contribution in [-0.2, 0) is 19.2 Å². The van der Waals surface area contributed by atoms with Crippen LogP contribution in [0.25, 0.3) is 0 Å². The number of carbonyl (C=O) groups is 4. The Morgan fingerprint density at radius 2 is 2.05 bits per heavy atom. The molecule has 5 N–H and O–H groups in total. The van der Waals surface area contributed by atoms with Crippen LogP contribution in [0, 0.1) is 0 Å². The highest BCUT2D eigenvalue weighted by Crippen LogP contribution is 2.19. The highest BCUT2D eigenvalue weighted by molar-refractivity contribution is 8.02. The van der Waals surface area contributed by atoms with Crippen molar-refractivity contribution in [2.24, 2.45) is 5.73 Å². The van der Waals surface area contributed by atoms with Gasteiger partial charge in [-0.3, -0.25) is 19.2 Å². The van der Waals surface area contributed by atoms with Gasteiger partial charge in [0, 0.05) is 18.4 Å². The van der Waals surface area contributed by atoms with Gasteiger partial charge in [-0.15, -0.1) is 11.8 Å². The summed E-state index contributed by atoms with van der Waals surface area (Å²) in [6.45, 7) is -0.532. The monoisotopic (exact) mass is 331 g/mol. The van der Waals surface area contributed by atoms with Gasteiger partial charge in [-0.25, -0.2) is 0 Å². The SMILES string of the molecule is N[C@@H](CCC(=O)N1C=CSC[C@H]1C(=O)NCC(=O)O)C(=O)O. The number of nitrogens with one attached hydrogen (secondary N) is 1. The van der Waals surface area contributed by atoms with Crippen LogP contribution in [0.5, 0.6) is 0 Å². The second-order valence-electron chi connectivity index (χ2n) is 4.53. The summed E-state index contributed by atoms with van der Waals surface area (Å²) in [7, 11) is 0. The van der Waals surface area contributed by atoms with Gasteiger partial charge < -0.3 is 26.2 Å². The van der Waals surface area contributed by atoms with E-state index in [4.69, 9.17) is 15.9 Å². The van der Waals surface area contributed by atoms with Crippen LogP contribution in [0.1, 0.15) is 12.8 Å². The van der Waals surface area contributed by atoms with Crippen molar-refractivity contribution >= 4 is 35.5 Å². The molecule has 0 fully saturated rings. The van der Waals surface area contributed by atoms with Crippen LogP contribution in [-0.4, -0.2) is 63.2 Å². The molecule has 22 heavy (non-hydrogen) atoms. The van der Waals surface area contributed by atoms with E-state index in [1.165, 1.54) is 22.9 Å². The Morgan fingerprint density at radius 3 is 2.64 bits per heavy atom. The molecule has 122 valence electrons. The summed E-state index contributed by atoms with van der Waals surface area (Å²) < 4.78 is 0. The number of thioether (sulfide) groups is 1. The Balaban J connectivity index is 2.64. The summed E-state index contributed by atoms with van der Waals surface area (Å²) in [6.07, 6.45) is 1.26. The molecule has 0 aromatic heterocycles. The fourth-order valence-corrected chi connectivity index (χ4v) is 2.53. The molecule has 0 unspecified atom stereocenters. The molecule has 9 nitrogen and oxygen atoms in total. The van der Waals surface area contributed by atoms with Crippen LogP contribution >= 0.6 is 11.8 Å². The highest BCUT2D eigenvalue weighted by atomic mass is 32.2. The first-order valence-corrected chi connectivity index (χ1v) is 7.45. The highest BCUT2D eigenvalue weighted by Gasteiger charge is 2.30. The second kappa shape index (κ2) is 8.39. The number of nitrogens with two attached hydrogens (primary N) is 1. The van der Waals surface area contributed by atoms with Crippen molar-refractivity contribution in [3.63, 3.8) is 0 Å². The van der Waals surface area contributed by atoms with E-state index in [0.717, 1.165) is 0 Å². The number of rotatable bonds is 7. The molecule has 2 atom stereocenters. The summed E-state index contributed by atoms with van der Waals surface area (Å²) in [5.41, 5.74) is 5.33. The number of hydrogen-bond donors (Lipinski definition) is 4. The van der Waals surface area contributed by atoms with Gasteiger partial charge in [0.25, 0.3) is 0 Å². The molecule has 0 radical (unpaired) electrons. The van der Waals surface area contributed by atoms with Crippen LogP contribution in [0.4, 0.5) is 0 Å². The first-order chi connectivity index (χ1) is 10.3. The molecule has 1 aliphatic rings. The fraction of sp³-hybridized carbons (Fsp3) is 0.500. The number of nitrogens with zero attached hydrogens (tertiary/aromatic N) is 1. The first kappa shape index (κ1) is 18.0. The van der Waals surface area contributed by atoms with Crippen molar-refractivity contribution in [2.75, 3.05) is 12.3 Å². The van der Waals surface area contributed by atoms with Crippen molar-refractivity contribution < 1.29 is 29.4 Å². The van der Waals surface area contributed by atoms with Gasteiger partial charge in [0.1, 0.15) is 18.6 Å². The zero-order valence-corrected chi connectivity index (χ0v) is 12.4. The summed E-state index contributed by atoms with van der Waals surface area (Å²) >= 11 is 1.31. The van der Waals surface area contributed by atoms with Crippen LogP contribution in [0.2, 0.25) is 0 Å². The number of carboxylic acid groups (broad SMARTS) is 2. The van der Waals surface area contributed by atoms with Gasteiger partial charge in [-0.2, -0.15) is 0 Å². The van der Waals surface area contributed by atoms with Gasteiger partial charge in [0.05, 0.1) is 0 Å². The van der Waals surface area contributed by atoms with E-state index >= 15 is 0 Å². The van der Waals surface area contributed by atoms with Crippen LogP contribution in [0.15, 0.2) is 11.6 Å². The lowest BCUT2D eigenvalue weighted by molar-refractivity contribution is -0.140. The standard InChI is InChI=1S/C12H17N3O6S/c13-7(12(20)21)1-2-9(16)15-3-4-22-6-8(15)11(19)14-5-10(17)18/h3-4,7-8H,1-2,5-6,13H2,(H,14,19)(H,17,18)(H,20,21)/t7-,8-/m0/s1. The summed E-state index contributed by atoms with van der Waals surface area (Å²) in [6, 6.07) is -1.98. The van der Waals surface area contributed by atoms with Crippen molar-refractivity contribution in [1.82, 2.24) is 10.2 Å². The van der Waals surface area contributed by atoms with Gasteiger partial charge in [0.2, 0.25) is 11.8 Å². The zero-order valence-electron chi connectivity index (χ0n) is 11.6. The minimum atomic E-state index is -1.20. The molecule has 10 heteroatoms. The largest absolute Gasteiger partial charge is 0.480 e. The fourth-order valence-electron chi connectivity index (χ4n) is 1.71. The maximum atomic E-state index is 12.1. The van der Waals surface area contributed by atoms with Crippen molar-refractivity contribution in [3.05, 3.63) is 11.6 Å². The van der Waals surface area contributed by atoms with E-state index < -0.39 is 42.4 Å². The maximum absolute atomic E-state index is 12.1. The van der Waals surface area contributed by atoms with Gasteiger partial charge in [-0.1, -0.05) is 0 Å². The Morgan fingerprint density at radius 1 is 1.36 bits per heavy atom. The topological polar surface area (TPSA) is 150 Å². The molecule has 0 bridgehead atoms. The smallest absolute Gasteiger partial charge is 0.322 e. The lowest BCUT2D eigenvalue weighted by atomic mass is 10.1. The predicted molar refractivity (Wildman–Crippen MR) is 77.7 cm³/mol. The first-order valence-electron chi connectivity index (χ1n) is 6.40. The molecule has 0 saturated carbocycles. The molecule has 0 aromatic rings. The van der Waals surface area contributed by atoms with Crippen LogP contribution in [0.3, 0.4) is 0 Å². The normalized spacial score (nSPS) is 18.6. The Bertz CT molecular complexity index is 495. The Labute approximate surface area is 130 Å². The predicted octanol–water partition coefficient (Wildman–Crippen LogP) is -1.21. The number of carboxylic acids is 2. The summed E-state index contributed by atoms with van der Waals surface area (Å²) in [5.74, 6) is -3.11. The minimum Gasteiger partial charge on any atom is -0.480 e. The van der Waals surface area contributed by atoms with E-state index in [1.54, 1.807) is 5.41 Å². The van der Waals surface area contributed by atoms with E-state index in [-0.39, 0.29) is 12.8 Å². The van der Waals surface area contributed by atoms with E-state index in [1.807, 2.05) is 0 Å². The zero-order chi connectivity index (χ0) is 16.7. The number of hydrogen-bond acceptors (Lipinski definition) is 6. The number of amides is 2. The molecule has 1 aliphatic heterocycles. The molecular weight excluding hydrogens is 314 g/mol. The van der Waals surface area contributed by atoms with E-state index in [2.05, 4.69) is 5.32 Å². The molecule has 2 amide bonds. The average molecular weight is 331 g/mol. The maximum Gasteiger partial charge on any atom is 0.322 e. The van der Waals surface area contributed by atoms with E-state index in [0.29, 0.717) is 5.75 Å². The minimum absolute atomic E-state index is 0.0465. The van der Waals surface area contributed by atoms with Gasteiger partial charge in [-0.05, 0) is 11.8 Å². The molecule has 0 saturated heterocycles. The van der Waals surface area contributed by atoms with Crippen molar-refractivity contribution in [2.45, 2.75) is 24.9 Å². The Hall–Kier alpha value is -2.07. The van der Waals surface area contributed by atoms with Crippen molar-refractivity contribution in [3.8, 4) is 0 Å². The molecule has 0 aliphatic carbocycles. The molecule has 1 rings (SSSR count).